The van der Waals surface area contributed by atoms with Gasteiger partial charge in [0.15, 0.2) is 0 Å². The molecule has 0 spiro atoms. The van der Waals surface area contributed by atoms with E-state index in [2.05, 4.69) is 30.7 Å². The monoisotopic (exact) mass is 226 g/mol. The molecule has 0 saturated heterocycles. The molecular formula is C12H19ClN2. The molecule has 0 aromatic carbocycles. The van der Waals surface area contributed by atoms with Crippen molar-refractivity contribution in [1.82, 2.24) is 9.97 Å². The Morgan fingerprint density at radius 2 is 1.93 bits per heavy atom. The Balaban J connectivity index is 2.84. The Bertz CT molecular complexity index is 311. The standard InChI is InChI=1S/C12H19ClN2/c1-5-10-9(4)14-11(15-12(10)13)7-6-8(2)3/h8H,5-7H2,1-4H3. The van der Waals surface area contributed by atoms with Crippen molar-refractivity contribution in [3.63, 3.8) is 0 Å². The maximum atomic E-state index is 6.10. The fourth-order valence-electron chi connectivity index (χ4n) is 1.55. The molecule has 0 amide bonds. The molecule has 0 bridgehead atoms. The highest BCUT2D eigenvalue weighted by Crippen LogP contribution is 2.17. The van der Waals surface area contributed by atoms with Gasteiger partial charge in [-0.25, -0.2) is 9.97 Å². The maximum Gasteiger partial charge on any atom is 0.136 e. The molecule has 1 heterocycles. The summed E-state index contributed by atoms with van der Waals surface area (Å²) in [5, 5.41) is 0.628. The number of aryl methyl sites for hydroxylation is 2. The first-order valence-electron chi connectivity index (χ1n) is 5.56. The van der Waals surface area contributed by atoms with Gasteiger partial charge in [0.05, 0.1) is 0 Å². The molecule has 0 N–H and O–H groups in total. The lowest BCUT2D eigenvalue weighted by Crippen LogP contribution is -2.04. The van der Waals surface area contributed by atoms with Gasteiger partial charge in [-0.15, -0.1) is 0 Å². The molecule has 15 heavy (non-hydrogen) atoms. The highest BCUT2D eigenvalue weighted by molar-refractivity contribution is 6.30. The van der Waals surface area contributed by atoms with Crippen molar-refractivity contribution in [2.45, 2.75) is 47.0 Å². The minimum absolute atomic E-state index is 0.628. The fraction of sp³-hybridized carbons (Fsp3) is 0.667. The zero-order valence-electron chi connectivity index (χ0n) is 9.97. The quantitative estimate of drug-likeness (QED) is 0.734. The topological polar surface area (TPSA) is 25.8 Å². The van der Waals surface area contributed by atoms with Crippen molar-refractivity contribution in [3.05, 3.63) is 22.2 Å². The van der Waals surface area contributed by atoms with E-state index < -0.39 is 0 Å². The van der Waals surface area contributed by atoms with E-state index in [0.29, 0.717) is 11.1 Å². The summed E-state index contributed by atoms with van der Waals surface area (Å²) in [7, 11) is 0. The first kappa shape index (κ1) is 12.4. The summed E-state index contributed by atoms with van der Waals surface area (Å²) in [5.74, 6) is 1.56. The molecule has 0 saturated carbocycles. The Labute approximate surface area is 97.1 Å². The number of halogens is 1. The number of hydrogen-bond acceptors (Lipinski definition) is 2. The van der Waals surface area contributed by atoms with Gasteiger partial charge in [0.2, 0.25) is 0 Å². The number of nitrogens with zero attached hydrogens (tertiary/aromatic N) is 2. The highest BCUT2D eigenvalue weighted by Gasteiger charge is 2.08. The van der Waals surface area contributed by atoms with Gasteiger partial charge in [0, 0.05) is 17.7 Å². The second-order valence-corrected chi connectivity index (χ2v) is 4.64. The van der Waals surface area contributed by atoms with Crippen molar-refractivity contribution >= 4 is 11.6 Å². The summed E-state index contributed by atoms with van der Waals surface area (Å²) in [6.45, 7) is 8.49. The first-order chi connectivity index (χ1) is 7.04. The van der Waals surface area contributed by atoms with Crippen LogP contribution in [0, 0.1) is 12.8 Å². The molecule has 1 rings (SSSR count). The predicted octanol–water partition coefficient (Wildman–Crippen LogP) is 3.59. The highest BCUT2D eigenvalue weighted by atomic mass is 35.5. The van der Waals surface area contributed by atoms with Crippen molar-refractivity contribution < 1.29 is 0 Å². The Morgan fingerprint density at radius 3 is 2.40 bits per heavy atom. The Kier molecular flexibility index (Phi) is 4.52. The van der Waals surface area contributed by atoms with Crippen LogP contribution in [0.25, 0.3) is 0 Å². The van der Waals surface area contributed by atoms with Crippen LogP contribution in [0.15, 0.2) is 0 Å². The molecule has 3 heteroatoms. The molecule has 0 radical (unpaired) electrons. The molecule has 0 aliphatic carbocycles. The van der Waals surface area contributed by atoms with Gasteiger partial charge >= 0.3 is 0 Å². The van der Waals surface area contributed by atoms with E-state index in [1.54, 1.807) is 0 Å². The fourth-order valence-corrected chi connectivity index (χ4v) is 1.92. The van der Waals surface area contributed by atoms with Gasteiger partial charge < -0.3 is 0 Å². The average molecular weight is 227 g/mol. The number of aromatic nitrogens is 2. The van der Waals surface area contributed by atoms with Gasteiger partial charge in [-0.3, -0.25) is 0 Å². The van der Waals surface area contributed by atoms with Crippen molar-refractivity contribution in [3.8, 4) is 0 Å². The first-order valence-corrected chi connectivity index (χ1v) is 5.94. The van der Waals surface area contributed by atoms with Crippen molar-refractivity contribution in [2.75, 3.05) is 0 Å². The van der Waals surface area contributed by atoms with Crippen LogP contribution in [-0.4, -0.2) is 9.97 Å². The molecule has 0 aliphatic rings. The number of rotatable bonds is 4. The van der Waals surface area contributed by atoms with Crippen LogP contribution in [-0.2, 0) is 12.8 Å². The lowest BCUT2D eigenvalue weighted by molar-refractivity contribution is 0.573. The maximum absolute atomic E-state index is 6.10. The second-order valence-electron chi connectivity index (χ2n) is 4.28. The van der Waals surface area contributed by atoms with Gasteiger partial charge in [0.25, 0.3) is 0 Å². The third kappa shape index (κ3) is 3.45. The van der Waals surface area contributed by atoms with Gasteiger partial charge in [-0.05, 0) is 25.7 Å². The van der Waals surface area contributed by atoms with Gasteiger partial charge in [-0.1, -0.05) is 32.4 Å². The minimum atomic E-state index is 0.628. The zero-order chi connectivity index (χ0) is 11.4. The van der Waals surface area contributed by atoms with E-state index in [1.807, 2.05) is 6.92 Å². The van der Waals surface area contributed by atoms with Crippen LogP contribution in [0.4, 0.5) is 0 Å². The summed E-state index contributed by atoms with van der Waals surface area (Å²) in [5.41, 5.74) is 2.10. The van der Waals surface area contributed by atoms with E-state index >= 15 is 0 Å². The summed E-state index contributed by atoms with van der Waals surface area (Å²) < 4.78 is 0. The van der Waals surface area contributed by atoms with Crippen LogP contribution < -0.4 is 0 Å². The van der Waals surface area contributed by atoms with Crippen molar-refractivity contribution in [1.29, 1.82) is 0 Å². The summed E-state index contributed by atoms with van der Waals surface area (Å²) >= 11 is 6.10. The van der Waals surface area contributed by atoms with Crippen molar-refractivity contribution in [2.24, 2.45) is 5.92 Å². The minimum Gasteiger partial charge on any atom is -0.238 e. The number of hydrogen-bond donors (Lipinski definition) is 0. The normalized spacial score (nSPS) is 11.1. The summed E-state index contributed by atoms with van der Waals surface area (Å²) in [4.78, 5) is 8.81. The molecule has 0 aliphatic heterocycles. The molecule has 1 aromatic heterocycles. The Hall–Kier alpha value is -0.630. The SMILES string of the molecule is CCc1c(C)nc(CCC(C)C)nc1Cl. The van der Waals surface area contributed by atoms with E-state index in [-0.39, 0.29) is 0 Å². The molecular weight excluding hydrogens is 208 g/mol. The molecule has 2 nitrogen and oxygen atoms in total. The van der Waals surface area contributed by atoms with Crippen LogP contribution >= 0.6 is 11.6 Å². The van der Waals surface area contributed by atoms with E-state index in [9.17, 15) is 0 Å². The summed E-state index contributed by atoms with van der Waals surface area (Å²) in [6.07, 6.45) is 2.93. The smallest absolute Gasteiger partial charge is 0.136 e. The van der Waals surface area contributed by atoms with Crippen LogP contribution in [0.5, 0.6) is 0 Å². The molecule has 0 fully saturated rings. The van der Waals surface area contributed by atoms with Gasteiger partial charge in [0.1, 0.15) is 11.0 Å². The van der Waals surface area contributed by atoms with E-state index in [0.717, 1.165) is 36.3 Å². The zero-order valence-corrected chi connectivity index (χ0v) is 10.7. The average Bonchev–Trinajstić information content (AvgIpc) is 2.14. The largest absolute Gasteiger partial charge is 0.238 e. The molecule has 0 atom stereocenters. The molecule has 1 aromatic rings. The lowest BCUT2D eigenvalue weighted by atomic mass is 10.1. The molecule has 0 unspecified atom stereocenters. The van der Waals surface area contributed by atoms with E-state index in [1.165, 1.54) is 0 Å². The van der Waals surface area contributed by atoms with E-state index in [4.69, 9.17) is 11.6 Å². The predicted molar refractivity (Wildman–Crippen MR) is 64.3 cm³/mol. The molecule has 84 valence electrons. The van der Waals surface area contributed by atoms with Crippen LogP contribution in [0.3, 0.4) is 0 Å². The van der Waals surface area contributed by atoms with Crippen LogP contribution in [0.1, 0.15) is 44.3 Å². The van der Waals surface area contributed by atoms with Crippen LogP contribution in [0.2, 0.25) is 5.15 Å². The second kappa shape index (κ2) is 5.45. The third-order valence-corrected chi connectivity index (χ3v) is 2.82. The Morgan fingerprint density at radius 1 is 1.27 bits per heavy atom. The van der Waals surface area contributed by atoms with Gasteiger partial charge in [-0.2, -0.15) is 0 Å². The summed E-state index contributed by atoms with van der Waals surface area (Å²) in [6, 6.07) is 0. The lowest BCUT2D eigenvalue weighted by Gasteiger charge is -2.08. The third-order valence-electron chi connectivity index (χ3n) is 2.51.